The summed E-state index contributed by atoms with van der Waals surface area (Å²) in [6, 6.07) is 0. The topological polar surface area (TPSA) is 85.4 Å². The van der Waals surface area contributed by atoms with Gasteiger partial charge < -0.3 is 19.3 Å². The van der Waals surface area contributed by atoms with Crippen LogP contribution in [0.3, 0.4) is 0 Å². The van der Waals surface area contributed by atoms with Gasteiger partial charge in [-0.2, -0.15) is 0 Å². The van der Waals surface area contributed by atoms with Crippen LogP contribution < -0.4 is 0 Å². The van der Waals surface area contributed by atoms with E-state index in [1.54, 1.807) is 0 Å². The molecule has 49 heavy (non-hydrogen) atoms. The summed E-state index contributed by atoms with van der Waals surface area (Å²) >= 11 is 0. The van der Waals surface area contributed by atoms with Gasteiger partial charge in [0.05, 0.1) is 18.8 Å². The molecule has 1 aliphatic heterocycles. The summed E-state index contributed by atoms with van der Waals surface area (Å²) in [5, 5.41) is 9.57. The molecule has 3 atom stereocenters. The highest BCUT2D eigenvalue weighted by Crippen LogP contribution is 2.30. The lowest BCUT2D eigenvalue weighted by Gasteiger charge is -2.15. The second kappa shape index (κ2) is 35.0. The fraction of sp³-hybridized carbons (Fsp3) is 0.907. The SMILES string of the molecule is CCCCCCCCCCCCCCCCCCCCCC(=O)O[C@@H](CO)COC(=O)CCCCCCC/C=C\CC1OC1CCCCC. The normalized spacial score (nSPS) is 16.3. The lowest BCUT2D eigenvalue weighted by molar-refractivity contribution is -0.161. The van der Waals surface area contributed by atoms with Crippen molar-refractivity contribution in [1.82, 2.24) is 0 Å². The van der Waals surface area contributed by atoms with E-state index in [2.05, 4.69) is 26.0 Å². The minimum absolute atomic E-state index is 0.0714. The summed E-state index contributed by atoms with van der Waals surface area (Å²) in [5.74, 6) is -0.601. The van der Waals surface area contributed by atoms with Crippen molar-refractivity contribution in [2.45, 2.75) is 238 Å². The Bertz CT molecular complexity index is 767. The lowest BCUT2D eigenvalue weighted by Crippen LogP contribution is -2.28. The molecule has 0 radical (unpaired) electrons. The number of ether oxygens (including phenoxy) is 3. The highest BCUT2D eigenvalue weighted by Gasteiger charge is 2.36. The molecule has 0 amide bonds. The number of allylic oxidation sites excluding steroid dienone is 1. The average molecular weight is 693 g/mol. The number of hydrogen-bond donors (Lipinski definition) is 1. The van der Waals surface area contributed by atoms with Crippen LogP contribution in [0.25, 0.3) is 0 Å². The summed E-state index contributed by atoms with van der Waals surface area (Å²) in [6.07, 6.45) is 43.1. The molecule has 0 saturated carbocycles. The lowest BCUT2D eigenvalue weighted by atomic mass is 10.0. The van der Waals surface area contributed by atoms with Gasteiger partial charge in [-0.25, -0.2) is 0 Å². The van der Waals surface area contributed by atoms with Crippen molar-refractivity contribution in [3.05, 3.63) is 12.2 Å². The number of hydrogen-bond acceptors (Lipinski definition) is 6. The summed E-state index contributed by atoms with van der Waals surface area (Å²) in [6.45, 7) is 4.11. The first-order valence-corrected chi connectivity index (χ1v) is 21.4. The van der Waals surface area contributed by atoms with Gasteiger partial charge in [0.2, 0.25) is 0 Å². The van der Waals surface area contributed by atoms with Crippen molar-refractivity contribution in [1.29, 1.82) is 0 Å². The van der Waals surface area contributed by atoms with E-state index in [1.807, 2.05) is 0 Å². The Morgan fingerprint density at radius 2 is 1.02 bits per heavy atom. The molecule has 288 valence electrons. The third-order valence-electron chi connectivity index (χ3n) is 9.98. The molecule has 1 heterocycles. The van der Waals surface area contributed by atoms with Crippen molar-refractivity contribution < 1.29 is 28.9 Å². The molecule has 1 fully saturated rings. The molecule has 0 aromatic rings. The number of esters is 2. The van der Waals surface area contributed by atoms with Gasteiger partial charge in [-0.1, -0.05) is 180 Å². The average Bonchev–Trinajstić information content (AvgIpc) is 3.86. The van der Waals surface area contributed by atoms with E-state index >= 15 is 0 Å². The highest BCUT2D eigenvalue weighted by atomic mass is 16.6. The summed E-state index contributed by atoms with van der Waals surface area (Å²) < 4.78 is 16.4. The van der Waals surface area contributed by atoms with Crippen molar-refractivity contribution >= 4 is 11.9 Å². The van der Waals surface area contributed by atoms with Crippen LogP contribution in [0.15, 0.2) is 12.2 Å². The Hall–Kier alpha value is -1.40. The van der Waals surface area contributed by atoms with Crippen molar-refractivity contribution in [3.63, 3.8) is 0 Å². The fourth-order valence-corrected chi connectivity index (χ4v) is 6.62. The first kappa shape index (κ1) is 45.6. The number of aliphatic hydroxyl groups excluding tert-OH is 1. The minimum atomic E-state index is -0.775. The molecule has 0 aliphatic carbocycles. The van der Waals surface area contributed by atoms with Gasteiger partial charge >= 0.3 is 11.9 Å². The standard InChI is InChI=1S/C43H80O6/c1-3-5-7-8-9-10-11-12-13-14-15-16-17-18-19-20-25-28-32-36-43(46)48-39(37-44)38-47-42(45)35-31-27-24-22-21-23-26-30-34-41-40(49-41)33-29-6-4-2/h26,30,39-41,44H,3-25,27-29,31-38H2,1-2H3/b30-26-/t39-,40?,41?/m0/s1. The van der Waals surface area contributed by atoms with E-state index in [1.165, 1.54) is 141 Å². The smallest absolute Gasteiger partial charge is 0.306 e. The molecule has 0 bridgehead atoms. The van der Waals surface area contributed by atoms with Crippen LogP contribution >= 0.6 is 0 Å². The largest absolute Gasteiger partial charge is 0.462 e. The van der Waals surface area contributed by atoms with E-state index in [-0.39, 0.29) is 25.2 Å². The highest BCUT2D eigenvalue weighted by molar-refractivity contribution is 5.70. The number of epoxide rings is 1. The Labute approximate surface area is 303 Å². The Kier molecular flexibility index (Phi) is 32.6. The van der Waals surface area contributed by atoms with Crippen LogP contribution in [-0.2, 0) is 23.8 Å². The number of carbonyl (C=O) groups is 2. The molecular weight excluding hydrogens is 612 g/mol. The number of carbonyl (C=O) groups excluding carboxylic acids is 2. The van der Waals surface area contributed by atoms with Crippen molar-refractivity contribution in [2.24, 2.45) is 0 Å². The van der Waals surface area contributed by atoms with E-state index in [0.717, 1.165) is 51.4 Å². The zero-order valence-electron chi connectivity index (χ0n) is 32.4. The molecule has 1 rings (SSSR count). The van der Waals surface area contributed by atoms with Crippen LogP contribution in [-0.4, -0.2) is 48.6 Å². The maximum atomic E-state index is 12.2. The summed E-state index contributed by atoms with van der Waals surface area (Å²) in [7, 11) is 0. The first-order chi connectivity index (χ1) is 24.1. The molecule has 6 heteroatoms. The van der Waals surface area contributed by atoms with Gasteiger partial charge in [0.15, 0.2) is 6.10 Å². The second-order valence-electron chi connectivity index (χ2n) is 14.8. The molecular formula is C43H80O6. The van der Waals surface area contributed by atoms with Crippen molar-refractivity contribution in [3.8, 4) is 0 Å². The number of aliphatic hydroxyl groups is 1. The Morgan fingerprint density at radius 1 is 0.571 bits per heavy atom. The Morgan fingerprint density at radius 3 is 1.53 bits per heavy atom. The summed E-state index contributed by atoms with van der Waals surface area (Å²) in [5.41, 5.74) is 0. The monoisotopic (exact) mass is 693 g/mol. The van der Waals surface area contributed by atoms with Crippen LogP contribution in [0.2, 0.25) is 0 Å². The van der Waals surface area contributed by atoms with E-state index in [9.17, 15) is 14.7 Å². The van der Waals surface area contributed by atoms with E-state index in [0.29, 0.717) is 25.0 Å². The van der Waals surface area contributed by atoms with Crippen LogP contribution in [0.5, 0.6) is 0 Å². The Balaban J connectivity index is 1.84. The van der Waals surface area contributed by atoms with Crippen LogP contribution in [0, 0.1) is 0 Å². The van der Waals surface area contributed by atoms with Gasteiger partial charge in [0.1, 0.15) is 6.61 Å². The first-order valence-electron chi connectivity index (χ1n) is 21.4. The molecule has 0 aromatic heterocycles. The molecule has 1 aliphatic rings. The molecule has 1 saturated heterocycles. The zero-order valence-corrected chi connectivity index (χ0v) is 32.4. The molecule has 6 nitrogen and oxygen atoms in total. The molecule has 0 aromatic carbocycles. The minimum Gasteiger partial charge on any atom is -0.462 e. The van der Waals surface area contributed by atoms with Gasteiger partial charge in [-0.05, 0) is 38.5 Å². The number of rotatable bonds is 38. The fourth-order valence-electron chi connectivity index (χ4n) is 6.62. The maximum absolute atomic E-state index is 12.2. The van der Waals surface area contributed by atoms with Crippen molar-refractivity contribution in [2.75, 3.05) is 13.2 Å². The zero-order chi connectivity index (χ0) is 35.5. The second-order valence-corrected chi connectivity index (χ2v) is 14.8. The maximum Gasteiger partial charge on any atom is 0.306 e. The van der Waals surface area contributed by atoms with E-state index in [4.69, 9.17) is 14.2 Å². The third-order valence-corrected chi connectivity index (χ3v) is 9.98. The van der Waals surface area contributed by atoms with E-state index < -0.39 is 6.10 Å². The summed E-state index contributed by atoms with van der Waals surface area (Å²) in [4.78, 5) is 24.3. The number of unbranched alkanes of at least 4 members (excludes halogenated alkanes) is 25. The molecule has 0 spiro atoms. The van der Waals surface area contributed by atoms with Gasteiger partial charge in [0.25, 0.3) is 0 Å². The van der Waals surface area contributed by atoms with Crippen LogP contribution in [0.1, 0.15) is 219 Å². The predicted molar refractivity (Wildman–Crippen MR) is 205 cm³/mol. The van der Waals surface area contributed by atoms with Gasteiger partial charge in [-0.15, -0.1) is 0 Å². The quantitative estimate of drug-likeness (QED) is 0.0300. The third kappa shape index (κ3) is 31.1. The van der Waals surface area contributed by atoms with Gasteiger partial charge in [0, 0.05) is 12.8 Å². The predicted octanol–water partition coefficient (Wildman–Crippen LogP) is 12.3. The van der Waals surface area contributed by atoms with Gasteiger partial charge in [-0.3, -0.25) is 9.59 Å². The molecule has 1 N–H and O–H groups in total. The van der Waals surface area contributed by atoms with Crippen LogP contribution in [0.4, 0.5) is 0 Å². The molecule has 2 unspecified atom stereocenters.